The highest BCUT2D eigenvalue weighted by Gasteiger charge is 2.32. The fourth-order valence-corrected chi connectivity index (χ4v) is 3.74. The maximum Gasteiger partial charge on any atom is 0.00988 e. The average Bonchev–Trinajstić information content (AvgIpc) is 3.14. The van der Waals surface area contributed by atoms with Gasteiger partial charge in [0.2, 0.25) is 0 Å². The Kier molecular flexibility index (Phi) is 2.89. The minimum Gasteiger partial charge on any atom is -0.103 e. The quantitative estimate of drug-likeness (QED) is 0.654. The summed E-state index contributed by atoms with van der Waals surface area (Å²) in [5.41, 5.74) is 5.56. The van der Waals surface area contributed by atoms with Crippen molar-refractivity contribution in [2.45, 2.75) is 11.8 Å². The molecule has 0 saturated carbocycles. The Morgan fingerprint density at radius 3 is 1.71 bits per heavy atom. The van der Waals surface area contributed by atoms with Crippen LogP contribution >= 0.6 is 0 Å². The first kappa shape index (κ1) is 12.4. The molecule has 0 radical (unpaired) electrons. The molecule has 2 aromatic carbocycles. The molecular weight excluding hydrogens is 252 g/mol. The minimum atomic E-state index is 0.407. The third kappa shape index (κ3) is 1.91. The Balaban J connectivity index is 1.74. The zero-order chi connectivity index (χ0) is 14.2. The van der Waals surface area contributed by atoms with E-state index in [9.17, 15) is 0 Å². The van der Waals surface area contributed by atoms with Crippen LogP contribution in [0.2, 0.25) is 0 Å². The van der Waals surface area contributed by atoms with Gasteiger partial charge in [0.05, 0.1) is 0 Å². The van der Waals surface area contributed by atoms with Gasteiger partial charge in [-0.1, -0.05) is 78.9 Å². The lowest BCUT2D eigenvalue weighted by Gasteiger charge is -2.26. The molecule has 0 heteroatoms. The summed E-state index contributed by atoms with van der Waals surface area (Å²) in [5.74, 6) is 1.27. The van der Waals surface area contributed by atoms with Gasteiger partial charge in [0.25, 0.3) is 0 Å². The van der Waals surface area contributed by atoms with E-state index in [0.717, 1.165) is 0 Å². The van der Waals surface area contributed by atoms with Crippen molar-refractivity contribution in [1.82, 2.24) is 0 Å². The van der Waals surface area contributed by atoms with Gasteiger partial charge in [-0.05, 0) is 28.2 Å². The number of rotatable bonds is 3. The van der Waals surface area contributed by atoms with E-state index in [1.165, 1.54) is 22.3 Å². The first-order valence-corrected chi connectivity index (χ1v) is 7.55. The predicted octanol–water partition coefficient (Wildman–Crippen LogP) is 5.41. The third-order valence-electron chi connectivity index (χ3n) is 4.78. The molecule has 0 aliphatic heterocycles. The summed E-state index contributed by atoms with van der Waals surface area (Å²) in [6.45, 7) is 4.13. The molecule has 102 valence electrons. The standard InChI is InChI=1S/C21H18/c1-2-17(20-13-11-15-7-3-5-9-18(15)20)21-14-12-16-8-4-6-10-19(16)21/h2-14,17,20-21H,1H2. The van der Waals surface area contributed by atoms with E-state index in [1.807, 2.05) is 0 Å². The van der Waals surface area contributed by atoms with Crippen molar-refractivity contribution in [3.05, 3.63) is 95.6 Å². The van der Waals surface area contributed by atoms with E-state index >= 15 is 0 Å². The average molecular weight is 270 g/mol. The molecule has 0 aromatic heterocycles. The SMILES string of the molecule is C=CC(C1C=Cc2ccccc21)C1C=Cc2ccccc21. The van der Waals surface area contributed by atoms with Gasteiger partial charge in [0, 0.05) is 11.8 Å². The molecule has 4 rings (SSSR count). The highest BCUT2D eigenvalue weighted by Crippen LogP contribution is 2.46. The van der Waals surface area contributed by atoms with Crippen LogP contribution in [0.5, 0.6) is 0 Å². The maximum absolute atomic E-state index is 4.13. The van der Waals surface area contributed by atoms with Crippen molar-refractivity contribution in [2.75, 3.05) is 0 Å². The Hall–Kier alpha value is -2.34. The first-order valence-electron chi connectivity index (χ1n) is 7.55. The Bertz CT molecular complexity index is 687. The maximum atomic E-state index is 4.13. The fourth-order valence-electron chi connectivity index (χ4n) is 3.74. The van der Waals surface area contributed by atoms with Crippen molar-refractivity contribution in [3.63, 3.8) is 0 Å². The molecule has 2 unspecified atom stereocenters. The molecule has 0 amide bonds. The third-order valence-corrected chi connectivity index (χ3v) is 4.78. The van der Waals surface area contributed by atoms with Crippen molar-refractivity contribution in [3.8, 4) is 0 Å². The monoisotopic (exact) mass is 270 g/mol. The van der Waals surface area contributed by atoms with Gasteiger partial charge in [0.15, 0.2) is 0 Å². The van der Waals surface area contributed by atoms with Crippen LogP contribution in [0.1, 0.15) is 34.1 Å². The predicted molar refractivity (Wildman–Crippen MR) is 90.1 cm³/mol. The van der Waals surface area contributed by atoms with Gasteiger partial charge in [-0.2, -0.15) is 0 Å². The van der Waals surface area contributed by atoms with E-state index < -0.39 is 0 Å². The number of hydrogen-bond acceptors (Lipinski definition) is 0. The first-order chi connectivity index (χ1) is 10.4. The van der Waals surface area contributed by atoms with Crippen LogP contribution in [-0.4, -0.2) is 0 Å². The van der Waals surface area contributed by atoms with Crippen LogP contribution in [0.25, 0.3) is 12.2 Å². The second-order valence-electron chi connectivity index (χ2n) is 5.84. The lowest BCUT2D eigenvalue weighted by molar-refractivity contribution is 0.538. The lowest BCUT2D eigenvalue weighted by atomic mass is 9.77. The molecule has 0 heterocycles. The van der Waals surface area contributed by atoms with Crippen molar-refractivity contribution in [1.29, 1.82) is 0 Å². The smallest absolute Gasteiger partial charge is 0.00988 e. The fraction of sp³-hybridized carbons (Fsp3) is 0.143. The van der Waals surface area contributed by atoms with Crippen LogP contribution in [0.15, 0.2) is 73.3 Å². The molecule has 0 spiro atoms. The van der Waals surface area contributed by atoms with E-state index in [-0.39, 0.29) is 0 Å². The molecule has 0 saturated heterocycles. The molecule has 0 N–H and O–H groups in total. The zero-order valence-electron chi connectivity index (χ0n) is 11.9. The Morgan fingerprint density at radius 2 is 1.24 bits per heavy atom. The number of fused-ring (bicyclic) bond motifs is 2. The highest BCUT2D eigenvalue weighted by molar-refractivity contribution is 5.66. The summed E-state index contributed by atoms with van der Waals surface area (Å²) in [6.07, 6.45) is 11.3. The van der Waals surface area contributed by atoms with Gasteiger partial charge in [-0.3, -0.25) is 0 Å². The molecular formula is C21H18. The molecule has 0 nitrogen and oxygen atoms in total. The van der Waals surface area contributed by atoms with Crippen molar-refractivity contribution in [2.24, 2.45) is 5.92 Å². The van der Waals surface area contributed by atoms with Crippen LogP contribution in [0.4, 0.5) is 0 Å². The van der Waals surface area contributed by atoms with E-state index in [2.05, 4.69) is 85.5 Å². The second-order valence-corrected chi connectivity index (χ2v) is 5.84. The summed E-state index contributed by atoms with van der Waals surface area (Å²) in [7, 11) is 0. The molecule has 2 aromatic rings. The van der Waals surface area contributed by atoms with Crippen molar-refractivity contribution < 1.29 is 0 Å². The summed E-state index contributed by atoms with van der Waals surface area (Å²) in [6, 6.07) is 17.4. The number of allylic oxidation sites excluding steroid dienone is 3. The van der Waals surface area contributed by atoms with Gasteiger partial charge in [0.1, 0.15) is 0 Å². The van der Waals surface area contributed by atoms with E-state index in [0.29, 0.717) is 17.8 Å². The molecule has 21 heavy (non-hydrogen) atoms. The van der Waals surface area contributed by atoms with E-state index in [4.69, 9.17) is 0 Å². The van der Waals surface area contributed by atoms with Gasteiger partial charge < -0.3 is 0 Å². The topological polar surface area (TPSA) is 0 Å². The molecule has 0 bridgehead atoms. The van der Waals surface area contributed by atoms with Crippen LogP contribution in [0, 0.1) is 5.92 Å². The van der Waals surface area contributed by atoms with Gasteiger partial charge in [-0.25, -0.2) is 0 Å². The van der Waals surface area contributed by atoms with Gasteiger partial charge >= 0.3 is 0 Å². The van der Waals surface area contributed by atoms with Crippen LogP contribution < -0.4 is 0 Å². The minimum absolute atomic E-state index is 0.407. The summed E-state index contributed by atoms with van der Waals surface area (Å²) >= 11 is 0. The molecule has 2 atom stereocenters. The van der Waals surface area contributed by atoms with Gasteiger partial charge in [-0.15, -0.1) is 6.58 Å². The normalized spacial score (nSPS) is 22.9. The summed E-state index contributed by atoms with van der Waals surface area (Å²) in [5, 5.41) is 0. The highest BCUT2D eigenvalue weighted by atomic mass is 14.3. The van der Waals surface area contributed by atoms with Crippen LogP contribution in [0.3, 0.4) is 0 Å². The summed E-state index contributed by atoms with van der Waals surface area (Å²) in [4.78, 5) is 0. The molecule has 0 fully saturated rings. The lowest BCUT2D eigenvalue weighted by Crippen LogP contribution is -2.15. The van der Waals surface area contributed by atoms with E-state index in [1.54, 1.807) is 0 Å². The second kappa shape index (κ2) is 4.89. The van der Waals surface area contributed by atoms with Crippen LogP contribution in [-0.2, 0) is 0 Å². The largest absolute Gasteiger partial charge is 0.103 e. The van der Waals surface area contributed by atoms with Crippen molar-refractivity contribution >= 4 is 12.2 Å². The Labute approximate surface area is 126 Å². The Morgan fingerprint density at radius 1 is 0.762 bits per heavy atom. The molecule has 2 aliphatic rings. The zero-order valence-corrected chi connectivity index (χ0v) is 11.9. The molecule has 2 aliphatic carbocycles. The summed E-state index contributed by atoms with van der Waals surface area (Å²) < 4.78 is 0. The number of hydrogen-bond donors (Lipinski definition) is 0. The number of benzene rings is 2.